The Hall–Kier alpha value is -1.62. The highest BCUT2D eigenvalue weighted by Gasteiger charge is 2.27. The number of rotatable bonds is 6. The number of primary amides is 1. The quantitative estimate of drug-likeness (QED) is 0.771. The fourth-order valence-corrected chi connectivity index (χ4v) is 2.60. The standard InChI is InChI=1S/C15H24N4O/c1-2-8-17-10-12-6-7-14(18-11-12)19-9-4-3-5-13(19)15(16)20/h6-7,11,13,17H,2-5,8-10H2,1H3,(H2,16,20). The SMILES string of the molecule is CCCNCc1ccc(N2CCCCC2C(N)=O)nc1. The summed E-state index contributed by atoms with van der Waals surface area (Å²) in [5.41, 5.74) is 6.65. The number of nitrogens with zero attached hydrogens (tertiary/aromatic N) is 2. The predicted octanol–water partition coefficient (Wildman–Crippen LogP) is 1.43. The lowest BCUT2D eigenvalue weighted by Crippen LogP contribution is -2.48. The van der Waals surface area contributed by atoms with Crippen molar-refractivity contribution in [2.24, 2.45) is 5.73 Å². The van der Waals surface area contributed by atoms with Gasteiger partial charge in [0, 0.05) is 19.3 Å². The molecule has 5 heteroatoms. The second kappa shape index (κ2) is 7.24. The lowest BCUT2D eigenvalue weighted by Gasteiger charge is -2.34. The zero-order chi connectivity index (χ0) is 14.4. The van der Waals surface area contributed by atoms with Crippen LogP contribution in [0.3, 0.4) is 0 Å². The Bertz CT molecular complexity index is 432. The lowest BCUT2D eigenvalue weighted by molar-refractivity contribution is -0.119. The summed E-state index contributed by atoms with van der Waals surface area (Å²) in [4.78, 5) is 18.1. The van der Waals surface area contributed by atoms with Crippen molar-refractivity contribution in [3.63, 3.8) is 0 Å². The van der Waals surface area contributed by atoms with Gasteiger partial charge in [0.1, 0.15) is 11.9 Å². The van der Waals surface area contributed by atoms with Crippen LogP contribution in [0, 0.1) is 0 Å². The molecule has 0 saturated carbocycles. The largest absolute Gasteiger partial charge is 0.368 e. The minimum absolute atomic E-state index is 0.208. The first-order valence-electron chi connectivity index (χ1n) is 7.44. The number of hydrogen-bond acceptors (Lipinski definition) is 4. The average molecular weight is 276 g/mol. The Morgan fingerprint density at radius 1 is 1.50 bits per heavy atom. The molecule has 1 unspecified atom stereocenters. The molecule has 1 aromatic heterocycles. The summed E-state index contributed by atoms with van der Waals surface area (Å²) in [7, 11) is 0. The maximum Gasteiger partial charge on any atom is 0.240 e. The molecule has 2 heterocycles. The fraction of sp³-hybridized carbons (Fsp3) is 0.600. The van der Waals surface area contributed by atoms with Crippen molar-refractivity contribution < 1.29 is 4.79 Å². The molecular weight excluding hydrogens is 252 g/mol. The van der Waals surface area contributed by atoms with Crippen LogP contribution in [0.5, 0.6) is 0 Å². The van der Waals surface area contributed by atoms with Gasteiger partial charge in [0.25, 0.3) is 0 Å². The van der Waals surface area contributed by atoms with Gasteiger partial charge in [-0.2, -0.15) is 0 Å². The van der Waals surface area contributed by atoms with E-state index in [0.29, 0.717) is 0 Å². The number of nitrogens with two attached hydrogens (primary N) is 1. The Balaban J connectivity index is 2.02. The minimum Gasteiger partial charge on any atom is -0.368 e. The van der Waals surface area contributed by atoms with E-state index < -0.39 is 0 Å². The summed E-state index contributed by atoms with van der Waals surface area (Å²) in [6.45, 7) is 4.85. The molecule has 20 heavy (non-hydrogen) atoms. The van der Waals surface area contributed by atoms with E-state index >= 15 is 0 Å². The second-order valence-electron chi connectivity index (χ2n) is 5.31. The van der Waals surface area contributed by atoms with Gasteiger partial charge in [0.15, 0.2) is 0 Å². The van der Waals surface area contributed by atoms with Gasteiger partial charge in [-0.1, -0.05) is 13.0 Å². The van der Waals surface area contributed by atoms with Crippen molar-refractivity contribution in [3.8, 4) is 0 Å². The maximum absolute atomic E-state index is 11.5. The number of hydrogen-bond donors (Lipinski definition) is 2. The summed E-state index contributed by atoms with van der Waals surface area (Å²) in [5.74, 6) is 0.605. The molecule has 0 spiro atoms. The molecule has 1 aliphatic heterocycles. The molecule has 1 aliphatic rings. The summed E-state index contributed by atoms with van der Waals surface area (Å²) >= 11 is 0. The molecule has 5 nitrogen and oxygen atoms in total. The van der Waals surface area contributed by atoms with Crippen LogP contribution < -0.4 is 16.0 Å². The summed E-state index contributed by atoms with van der Waals surface area (Å²) < 4.78 is 0. The first-order chi connectivity index (χ1) is 9.72. The van der Waals surface area contributed by atoms with Crippen LogP contribution in [0.4, 0.5) is 5.82 Å². The van der Waals surface area contributed by atoms with Crippen LogP contribution in [0.1, 0.15) is 38.2 Å². The fourth-order valence-electron chi connectivity index (χ4n) is 2.60. The predicted molar refractivity (Wildman–Crippen MR) is 80.4 cm³/mol. The number of nitrogens with one attached hydrogen (secondary N) is 1. The first kappa shape index (κ1) is 14.8. The van der Waals surface area contributed by atoms with E-state index in [4.69, 9.17) is 5.73 Å². The second-order valence-corrected chi connectivity index (χ2v) is 5.31. The summed E-state index contributed by atoms with van der Waals surface area (Å²) in [5, 5.41) is 3.35. The van der Waals surface area contributed by atoms with Crippen molar-refractivity contribution in [3.05, 3.63) is 23.9 Å². The summed E-state index contributed by atoms with van der Waals surface area (Å²) in [6.07, 6.45) is 5.98. The van der Waals surface area contributed by atoms with E-state index in [1.165, 1.54) is 0 Å². The zero-order valence-corrected chi connectivity index (χ0v) is 12.1. The third-order valence-corrected chi connectivity index (χ3v) is 3.69. The van der Waals surface area contributed by atoms with Crippen LogP contribution in [0.15, 0.2) is 18.3 Å². The Morgan fingerprint density at radius 2 is 2.35 bits per heavy atom. The molecule has 1 amide bonds. The number of carbonyl (C=O) groups excluding carboxylic acids is 1. The highest BCUT2D eigenvalue weighted by atomic mass is 16.1. The Morgan fingerprint density at radius 3 is 3.00 bits per heavy atom. The third kappa shape index (κ3) is 3.70. The van der Waals surface area contributed by atoms with Crippen molar-refractivity contribution in [2.45, 2.75) is 45.2 Å². The van der Waals surface area contributed by atoms with E-state index in [1.807, 2.05) is 17.2 Å². The lowest BCUT2D eigenvalue weighted by atomic mass is 10.0. The van der Waals surface area contributed by atoms with Gasteiger partial charge in [-0.25, -0.2) is 4.98 Å². The first-order valence-corrected chi connectivity index (χ1v) is 7.44. The molecule has 1 atom stereocenters. The number of amides is 1. The molecule has 3 N–H and O–H groups in total. The van der Waals surface area contributed by atoms with E-state index in [9.17, 15) is 4.79 Å². The molecule has 1 aromatic rings. The van der Waals surface area contributed by atoms with Crippen molar-refractivity contribution in [1.29, 1.82) is 0 Å². The zero-order valence-electron chi connectivity index (χ0n) is 12.1. The van der Waals surface area contributed by atoms with E-state index in [0.717, 1.165) is 56.7 Å². The van der Waals surface area contributed by atoms with Gasteiger partial charge in [-0.3, -0.25) is 4.79 Å². The molecule has 0 radical (unpaired) electrons. The molecule has 2 rings (SSSR count). The maximum atomic E-state index is 11.5. The van der Waals surface area contributed by atoms with E-state index in [1.54, 1.807) is 0 Å². The van der Waals surface area contributed by atoms with Gasteiger partial charge in [-0.15, -0.1) is 0 Å². The van der Waals surface area contributed by atoms with Crippen LogP contribution in [0.25, 0.3) is 0 Å². The van der Waals surface area contributed by atoms with Gasteiger partial charge in [0.2, 0.25) is 5.91 Å². The number of carbonyl (C=O) groups is 1. The number of piperidine rings is 1. The van der Waals surface area contributed by atoms with Gasteiger partial charge >= 0.3 is 0 Å². The molecule has 0 aromatic carbocycles. The third-order valence-electron chi connectivity index (χ3n) is 3.69. The molecule has 0 aliphatic carbocycles. The number of aromatic nitrogens is 1. The smallest absolute Gasteiger partial charge is 0.240 e. The number of anilines is 1. The molecule has 0 bridgehead atoms. The van der Waals surface area contributed by atoms with Gasteiger partial charge < -0.3 is 16.0 Å². The molecule has 1 saturated heterocycles. The monoisotopic (exact) mass is 276 g/mol. The van der Waals surface area contributed by atoms with E-state index in [-0.39, 0.29) is 11.9 Å². The summed E-state index contributed by atoms with van der Waals surface area (Å²) in [6, 6.07) is 3.85. The highest BCUT2D eigenvalue weighted by molar-refractivity contribution is 5.83. The Labute approximate surface area is 120 Å². The Kier molecular flexibility index (Phi) is 5.35. The molecule has 1 fully saturated rings. The van der Waals surface area contributed by atoms with Crippen LogP contribution >= 0.6 is 0 Å². The molecular formula is C15H24N4O. The van der Waals surface area contributed by atoms with Crippen molar-refractivity contribution >= 4 is 11.7 Å². The van der Waals surface area contributed by atoms with Crippen LogP contribution in [-0.4, -0.2) is 30.0 Å². The van der Waals surface area contributed by atoms with Gasteiger partial charge in [-0.05, 0) is 43.9 Å². The van der Waals surface area contributed by atoms with Crippen LogP contribution in [0.2, 0.25) is 0 Å². The normalized spacial score (nSPS) is 19.1. The number of pyridine rings is 1. The van der Waals surface area contributed by atoms with Crippen LogP contribution in [-0.2, 0) is 11.3 Å². The van der Waals surface area contributed by atoms with Crippen molar-refractivity contribution in [1.82, 2.24) is 10.3 Å². The minimum atomic E-state index is -0.250. The molecule has 110 valence electrons. The van der Waals surface area contributed by atoms with Crippen molar-refractivity contribution in [2.75, 3.05) is 18.0 Å². The average Bonchev–Trinajstić information content (AvgIpc) is 2.48. The van der Waals surface area contributed by atoms with Gasteiger partial charge in [0.05, 0.1) is 0 Å². The topological polar surface area (TPSA) is 71.2 Å². The van der Waals surface area contributed by atoms with E-state index in [2.05, 4.69) is 23.3 Å². The highest BCUT2D eigenvalue weighted by Crippen LogP contribution is 2.23.